The van der Waals surface area contributed by atoms with E-state index in [4.69, 9.17) is 18.9 Å². The van der Waals surface area contributed by atoms with Gasteiger partial charge in [0.1, 0.15) is 18.3 Å². The summed E-state index contributed by atoms with van der Waals surface area (Å²) in [7, 11) is 3.22. The average Bonchev–Trinajstić information content (AvgIpc) is 3.12. The van der Waals surface area contributed by atoms with Crippen molar-refractivity contribution in [2.45, 2.75) is 134 Å². The van der Waals surface area contributed by atoms with Crippen LogP contribution in [-0.4, -0.2) is 57.1 Å². The van der Waals surface area contributed by atoms with Gasteiger partial charge in [-0.1, -0.05) is 103 Å². The van der Waals surface area contributed by atoms with Crippen LogP contribution in [0.4, 0.5) is 0 Å². The number of aliphatic hydroxyl groups excluding tert-OH is 1. The highest BCUT2D eigenvalue weighted by Gasteiger charge is 2.45. The van der Waals surface area contributed by atoms with Crippen LogP contribution >= 0.6 is 0 Å². The van der Waals surface area contributed by atoms with E-state index < -0.39 is 6.29 Å². The molecule has 5 heteroatoms. The van der Waals surface area contributed by atoms with Crippen LogP contribution in [0.15, 0.2) is 0 Å². The lowest BCUT2D eigenvalue weighted by atomic mass is 10.0. The SMILES string of the molecule is CCCCCCCCCCCCCCCCCCO[C@@H]1[C@@H](OC)[C@@H](OC)O[C@@H]1CO. The summed E-state index contributed by atoms with van der Waals surface area (Å²) >= 11 is 0. The molecule has 0 aromatic heterocycles. The summed E-state index contributed by atoms with van der Waals surface area (Å²) in [6.07, 6.45) is 20.4. The summed E-state index contributed by atoms with van der Waals surface area (Å²) in [6.45, 7) is 2.88. The summed E-state index contributed by atoms with van der Waals surface area (Å²) in [5.74, 6) is 0. The Hall–Kier alpha value is -0.200. The van der Waals surface area contributed by atoms with Gasteiger partial charge in [0, 0.05) is 20.8 Å². The maximum atomic E-state index is 9.49. The van der Waals surface area contributed by atoms with E-state index in [1.165, 1.54) is 96.3 Å². The number of aliphatic hydroxyl groups is 1. The van der Waals surface area contributed by atoms with Crippen molar-refractivity contribution in [3.63, 3.8) is 0 Å². The fourth-order valence-corrected chi connectivity index (χ4v) is 4.35. The van der Waals surface area contributed by atoms with Crippen molar-refractivity contribution in [1.29, 1.82) is 0 Å². The van der Waals surface area contributed by atoms with Gasteiger partial charge < -0.3 is 24.1 Å². The van der Waals surface area contributed by atoms with Crippen molar-refractivity contribution in [1.82, 2.24) is 0 Å². The van der Waals surface area contributed by atoms with Gasteiger partial charge in [0.05, 0.1) is 6.61 Å². The molecule has 0 amide bonds. The van der Waals surface area contributed by atoms with Gasteiger partial charge in [-0.2, -0.15) is 0 Å². The van der Waals surface area contributed by atoms with Crippen LogP contribution < -0.4 is 0 Å². The van der Waals surface area contributed by atoms with Crippen LogP contribution in [-0.2, 0) is 18.9 Å². The average molecular weight is 431 g/mol. The summed E-state index contributed by atoms with van der Waals surface area (Å²) in [5.41, 5.74) is 0. The van der Waals surface area contributed by atoms with Gasteiger partial charge >= 0.3 is 0 Å². The predicted octanol–water partition coefficient (Wildman–Crippen LogP) is 6.01. The minimum absolute atomic E-state index is 0.0800. The molecule has 5 nitrogen and oxygen atoms in total. The van der Waals surface area contributed by atoms with Crippen LogP contribution in [0.1, 0.15) is 110 Å². The molecule has 0 spiro atoms. The van der Waals surface area contributed by atoms with Gasteiger partial charge in [-0.25, -0.2) is 0 Å². The second kappa shape index (κ2) is 19.5. The molecule has 1 aliphatic rings. The molecule has 1 saturated heterocycles. The molecule has 0 aromatic carbocycles. The van der Waals surface area contributed by atoms with E-state index in [-0.39, 0.29) is 24.9 Å². The Morgan fingerprint density at radius 2 is 1.10 bits per heavy atom. The van der Waals surface area contributed by atoms with Gasteiger partial charge in [0.15, 0.2) is 6.29 Å². The van der Waals surface area contributed by atoms with E-state index in [0.29, 0.717) is 6.61 Å². The molecule has 1 aliphatic heterocycles. The molecule has 1 heterocycles. The zero-order valence-corrected chi connectivity index (χ0v) is 20.1. The Labute approximate surface area is 186 Å². The minimum atomic E-state index is -0.469. The third-order valence-electron chi connectivity index (χ3n) is 6.26. The summed E-state index contributed by atoms with van der Waals surface area (Å²) in [6, 6.07) is 0. The number of ether oxygens (including phenoxy) is 4. The van der Waals surface area contributed by atoms with Crippen LogP contribution in [0.3, 0.4) is 0 Å². The highest BCUT2D eigenvalue weighted by atomic mass is 16.7. The number of rotatable bonds is 21. The van der Waals surface area contributed by atoms with Gasteiger partial charge in [-0.15, -0.1) is 0 Å². The number of hydrogen-bond donors (Lipinski definition) is 1. The van der Waals surface area contributed by atoms with Gasteiger partial charge in [0.2, 0.25) is 0 Å². The van der Waals surface area contributed by atoms with E-state index in [1.54, 1.807) is 14.2 Å². The second-order valence-corrected chi connectivity index (χ2v) is 8.80. The zero-order valence-electron chi connectivity index (χ0n) is 20.1. The Bertz CT molecular complexity index is 365. The molecule has 180 valence electrons. The normalized spacial score (nSPS) is 24.0. The number of hydrogen-bond acceptors (Lipinski definition) is 5. The van der Waals surface area contributed by atoms with E-state index in [1.807, 2.05) is 0 Å². The van der Waals surface area contributed by atoms with E-state index in [0.717, 1.165) is 6.42 Å². The quantitative estimate of drug-likeness (QED) is 0.226. The lowest BCUT2D eigenvalue weighted by Gasteiger charge is -2.22. The van der Waals surface area contributed by atoms with Crippen molar-refractivity contribution >= 4 is 0 Å². The van der Waals surface area contributed by atoms with Crippen LogP contribution in [0, 0.1) is 0 Å². The first kappa shape index (κ1) is 27.8. The first-order valence-corrected chi connectivity index (χ1v) is 12.7. The fourth-order valence-electron chi connectivity index (χ4n) is 4.35. The second-order valence-electron chi connectivity index (χ2n) is 8.80. The third-order valence-corrected chi connectivity index (χ3v) is 6.26. The molecule has 0 radical (unpaired) electrons. The fraction of sp³-hybridized carbons (Fsp3) is 1.00. The van der Waals surface area contributed by atoms with Gasteiger partial charge in [-0.3, -0.25) is 0 Å². The Morgan fingerprint density at radius 1 is 0.633 bits per heavy atom. The maximum absolute atomic E-state index is 9.49. The molecule has 0 aromatic rings. The summed E-state index contributed by atoms with van der Waals surface area (Å²) in [5, 5.41) is 9.49. The van der Waals surface area contributed by atoms with E-state index in [9.17, 15) is 5.11 Å². The van der Waals surface area contributed by atoms with Crippen molar-refractivity contribution in [2.24, 2.45) is 0 Å². The smallest absolute Gasteiger partial charge is 0.186 e. The van der Waals surface area contributed by atoms with Crippen molar-refractivity contribution < 1.29 is 24.1 Å². The van der Waals surface area contributed by atoms with Gasteiger partial charge in [0.25, 0.3) is 0 Å². The lowest BCUT2D eigenvalue weighted by Crippen LogP contribution is -2.38. The van der Waals surface area contributed by atoms with Crippen LogP contribution in [0.2, 0.25) is 0 Å². The lowest BCUT2D eigenvalue weighted by molar-refractivity contribution is -0.159. The number of unbranched alkanes of at least 4 members (excludes halogenated alkanes) is 15. The monoisotopic (exact) mass is 430 g/mol. The van der Waals surface area contributed by atoms with Crippen LogP contribution in [0.5, 0.6) is 0 Å². The predicted molar refractivity (Wildman–Crippen MR) is 123 cm³/mol. The summed E-state index contributed by atoms with van der Waals surface area (Å²) < 4.78 is 22.3. The first-order valence-electron chi connectivity index (χ1n) is 12.7. The van der Waals surface area contributed by atoms with Crippen molar-refractivity contribution in [3.8, 4) is 0 Å². The zero-order chi connectivity index (χ0) is 21.9. The molecule has 1 rings (SSSR count). The topological polar surface area (TPSA) is 57.2 Å². The minimum Gasteiger partial charge on any atom is -0.394 e. The molecule has 1 fully saturated rings. The van der Waals surface area contributed by atoms with Crippen molar-refractivity contribution in [2.75, 3.05) is 27.4 Å². The molecule has 0 unspecified atom stereocenters. The highest BCUT2D eigenvalue weighted by Crippen LogP contribution is 2.26. The molecular formula is C25H50O5. The molecule has 0 aliphatic carbocycles. The highest BCUT2D eigenvalue weighted by molar-refractivity contribution is 4.88. The summed E-state index contributed by atoms with van der Waals surface area (Å²) in [4.78, 5) is 0. The Kier molecular flexibility index (Phi) is 18.1. The maximum Gasteiger partial charge on any atom is 0.186 e. The largest absolute Gasteiger partial charge is 0.394 e. The van der Waals surface area contributed by atoms with Gasteiger partial charge in [-0.05, 0) is 6.42 Å². The third kappa shape index (κ3) is 12.0. The molecule has 0 bridgehead atoms. The van der Waals surface area contributed by atoms with E-state index >= 15 is 0 Å². The molecule has 1 N–H and O–H groups in total. The first-order chi connectivity index (χ1) is 14.8. The Balaban J connectivity index is 1.87. The van der Waals surface area contributed by atoms with Crippen LogP contribution in [0.25, 0.3) is 0 Å². The number of methoxy groups -OCH3 is 2. The van der Waals surface area contributed by atoms with E-state index in [2.05, 4.69) is 6.92 Å². The molecular weight excluding hydrogens is 380 g/mol. The van der Waals surface area contributed by atoms with Crippen molar-refractivity contribution in [3.05, 3.63) is 0 Å². The molecule has 0 saturated carbocycles. The standard InChI is InChI=1S/C25H50O5/c1-4-5-6-7-8-9-10-11-12-13-14-15-16-17-18-19-20-29-23-22(21-26)30-25(28-3)24(23)27-2/h22-26H,4-21H2,1-3H3/t22-,23+,24-,25+/m1/s1. The molecule has 30 heavy (non-hydrogen) atoms. The Morgan fingerprint density at radius 3 is 1.50 bits per heavy atom. The molecule has 4 atom stereocenters.